The molecule has 0 saturated carbocycles. The van der Waals surface area contributed by atoms with Gasteiger partial charge in [0.1, 0.15) is 10.7 Å². The van der Waals surface area contributed by atoms with Gasteiger partial charge in [-0.1, -0.05) is 47.6 Å². The third-order valence-corrected chi connectivity index (χ3v) is 4.24. The first kappa shape index (κ1) is 14.0. The van der Waals surface area contributed by atoms with Crippen LogP contribution in [0.15, 0.2) is 65.8 Å². The summed E-state index contributed by atoms with van der Waals surface area (Å²) in [6.45, 7) is 0. The number of hydrogen-bond donors (Lipinski definition) is 0. The molecule has 0 bridgehead atoms. The maximum atomic E-state index is 6.14. The Kier molecular flexibility index (Phi) is 4.48. The Hall–Kier alpha value is -1.91. The monoisotopic (exact) mass is 313 g/mol. The molecule has 0 saturated heterocycles. The Balaban J connectivity index is 1.69. The molecular weight excluding hydrogens is 302 g/mol. The molecule has 2 aromatic heterocycles. The molecule has 0 aliphatic carbocycles. The van der Waals surface area contributed by atoms with Crippen LogP contribution in [0.25, 0.3) is 11.4 Å². The fourth-order valence-electron chi connectivity index (χ4n) is 1.82. The van der Waals surface area contributed by atoms with Crippen LogP contribution in [0.5, 0.6) is 0 Å². The molecule has 0 fully saturated rings. The maximum absolute atomic E-state index is 6.14. The predicted molar refractivity (Wildman–Crippen MR) is 86.3 cm³/mol. The summed E-state index contributed by atoms with van der Waals surface area (Å²) in [6.07, 6.45) is 1.75. The molecule has 1 aromatic carbocycles. The van der Waals surface area contributed by atoms with Crippen molar-refractivity contribution in [3.8, 4) is 11.4 Å². The van der Waals surface area contributed by atoms with Crippen LogP contribution < -0.4 is 0 Å². The fraction of sp³-hybridized carbons (Fsp3) is 0.0625. The average molecular weight is 314 g/mol. The highest BCUT2D eigenvalue weighted by Gasteiger charge is 2.04. The highest BCUT2D eigenvalue weighted by atomic mass is 35.5. The van der Waals surface area contributed by atoms with Crippen LogP contribution in [-0.2, 0) is 5.75 Å². The van der Waals surface area contributed by atoms with Crippen LogP contribution in [0.1, 0.15) is 5.56 Å². The lowest BCUT2D eigenvalue weighted by Gasteiger charge is -2.04. The maximum Gasteiger partial charge on any atom is 0.119 e. The number of thioether (sulfide) groups is 1. The number of rotatable bonds is 4. The predicted octanol–water partition coefficient (Wildman–Crippen LogP) is 4.48. The Bertz CT molecular complexity index is 717. The summed E-state index contributed by atoms with van der Waals surface area (Å²) in [7, 11) is 0. The second-order valence-corrected chi connectivity index (χ2v) is 5.75. The minimum Gasteiger partial charge on any atom is -0.255 e. The summed E-state index contributed by atoms with van der Waals surface area (Å²) in [5.41, 5.74) is 2.70. The van der Waals surface area contributed by atoms with Gasteiger partial charge in [-0.05, 0) is 35.9 Å². The Morgan fingerprint density at radius 1 is 0.857 bits per heavy atom. The number of benzene rings is 1. The number of hydrogen-bond acceptors (Lipinski definition) is 4. The zero-order chi connectivity index (χ0) is 14.5. The molecule has 0 radical (unpaired) electrons. The molecule has 0 spiro atoms. The van der Waals surface area contributed by atoms with Gasteiger partial charge in [0, 0.05) is 17.0 Å². The van der Waals surface area contributed by atoms with Gasteiger partial charge < -0.3 is 0 Å². The van der Waals surface area contributed by atoms with E-state index in [2.05, 4.69) is 15.2 Å². The van der Waals surface area contributed by atoms with Crippen LogP contribution in [0.4, 0.5) is 0 Å². The zero-order valence-electron chi connectivity index (χ0n) is 11.1. The molecule has 0 N–H and O–H groups in total. The van der Waals surface area contributed by atoms with E-state index >= 15 is 0 Å². The van der Waals surface area contributed by atoms with Crippen LogP contribution in [0, 0.1) is 0 Å². The van der Waals surface area contributed by atoms with Crippen LogP contribution in [-0.4, -0.2) is 15.2 Å². The lowest BCUT2D eigenvalue weighted by molar-refractivity contribution is 0.931. The van der Waals surface area contributed by atoms with E-state index in [9.17, 15) is 0 Å². The molecule has 0 atom stereocenters. The third-order valence-electron chi connectivity index (χ3n) is 2.90. The van der Waals surface area contributed by atoms with Crippen LogP contribution >= 0.6 is 23.4 Å². The smallest absolute Gasteiger partial charge is 0.119 e. The Morgan fingerprint density at radius 2 is 1.71 bits per heavy atom. The quantitative estimate of drug-likeness (QED) is 0.665. The van der Waals surface area contributed by atoms with Crippen molar-refractivity contribution in [1.82, 2.24) is 15.2 Å². The molecule has 21 heavy (non-hydrogen) atoms. The standard InChI is InChI=1S/C16H12ClN3S/c17-13-6-2-1-5-12(13)11-21-16-9-8-15(19-20-16)14-7-3-4-10-18-14/h1-10H,11H2. The van der Waals surface area contributed by atoms with E-state index < -0.39 is 0 Å². The van der Waals surface area contributed by atoms with Crippen molar-refractivity contribution in [2.45, 2.75) is 10.8 Å². The van der Waals surface area contributed by atoms with Crippen molar-refractivity contribution in [2.24, 2.45) is 0 Å². The topological polar surface area (TPSA) is 38.7 Å². The molecule has 104 valence electrons. The minimum atomic E-state index is 0.775. The molecule has 3 nitrogen and oxygen atoms in total. The second-order valence-electron chi connectivity index (χ2n) is 4.35. The van der Waals surface area contributed by atoms with Gasteiger partial charge in [0.05, 0.1) is 5.69 Å². The summed E-state index contributed by atoms with van der Waals surface area (Å²) in [6, 6.07) is 17.5. The number of aromatic nitrogens is 3. The van der Waals surface area contributed by atoms with E-state index in [0.29, 0.717) is 0 Å². The van der Waals surface area contributed by atoms with Gasteiger partial charge in [-0.25, -0.2) is 0 Å². The molecule has 0 aliphatic rings. The van der Waals surface area contributed by atoms with Gasteiger partial charge in [-0.15, -0.1) is 10.2 Å². The average Bonchev–Trinajstić information content (AvgIpc) is 2.55. The Morgan fingerprint density at radius 3 is 2.43 bits per heavy atom. The lowest BCUT2D eigenvalue weighted by atomic mass is 10.2. The highest BCUT2D eigenvalue weighted by molar-refractivity contribution is 7.98. The molecular formula is C16H12ClN3S. The van der Waals surface area contributed by atoms with E-state index in [1.54, 1.807) is 18.0 Å². The van der Waals surface area contributed by atoms with E-state index in [-0.39, 0.29) is 0 Å². The van der Waals surface area contributed by atoms with Crippen molar-refractivity contribution >= 4 is 23.4 Å². The molecule has 3 aromatic rings. The van der Waals surface area contributed by atoms with Gasteiger partial charge in [0.25, 0.3) is 0 Å². The van der Waals surface area contributed by atoms with E-state index in [1.165, 1.54) is 0 Å². The van der Waals surface area contributed by atoms with Gasteiger partial charge >= 0.3 is 0 Å². The van der Waals surface area contributed by atoms with Crippen molar-refractivity contribution in [2.75, 3.05) is 0 Å². The normalized spacial score (nSPS) is 10.5. The SMILES string of the molecule is Clc1ccccc1CSc1ccc(-c2ccccn2)nn1. The van der Waals surface area contributed by atoms with Crippen molar-refractivity contribution in [3.63, 3.8) is 0 Å². The molecule has 0 amide bonds. The van der Waals surface area contributed by atoms with Gasteiger partial charge in [0.2, 0.25) is 0 Å². The highest BCUT2D eigenvalue weighted by Crippen LogP contribution is 2.25. The first-order valence-electron chi connectivity index (χ1n) is 6.44. The summed E-state index contributed by atoms with van der Waals surface area (Å²) >= 11 is 7.75. The van der Waals surface area contributed by atoms with Gasteiger partial charge in [0.15, 0.2) is 0 Å². The summed E-state index contributed by atoms with van der Waals surface area (Å²) in [4.78, 5) is 4.26. The molecule has 3 rings (SSSR count). The second kappa shape index (κ2) is 6.70. The van der Waals surface area contributed by atoms with E-state index in [1.807, 2.05) is 54.6 Å². The minimum absolute atomic E-state index is 0.775. The largest absolute Gasteiger partial charge is 0.255 e. The number of halogens is 1. The fourth-order valence-corrected chi connectivity index (χ4v) is 2.91. The van der Waals surface area contributed by atoms with Crippen molar-refractivity contribution in [1.29, 1.82) is 0 Å². The number of pyridine rings is 1. The van der Waals surface area contributed by atoms with Crippen LogP contribution in [0.3, 0.4) is 0 Å². The molecule has 0 unspecified atom stereocenters. The lowest BCUT2D eigenvalue weighted by Crippen LogP contribution is -1.91. The molecule has 0 aliphatic heterocycles. The number of nitrogens with zero attached hydrogens (tertiary/aromatic N) is 3. The third kappa shape index (κ3) is 3.60. The summed E-state index contributed by atoms with van der Waals surface area (Å²) in [5.74, 6) is 0.775. The first-order valence-corrected chi connectivity index (χ1v) is 7.80. The molecule has 2 heterocycles. The first-order chi connectivity index (χ1) is 10.3. The van der Waals surface area contributed by atoms with Crippen molar-refractivity contribution in [3.05, 3.63) is 71.4 Å². The van der Waals surface area contributed by atoms with Gasteiger partial charge in [-0.2, -0.15) is 0 Å². The molecule has 5 heteroatoms. The van der Waals surface area contributed by atoms with E-state index in [0.717, 1.165) is 32.8 Å². The van der Waals surface area contributed by atoms with E-state index in [4.69, 9.17) is 11.6 Å². The zero-order valence-corrected chi connectivity index (χ0v) is 12.7. The van der Waals surface area contributed by atoms with Crippen molar-refractivity contribution < 1.29 is 0 Å². The van der Waals surface area contributed by atoms with Gasteiger partial charge in [-0.3, -0.25) is 4.98 Å². The van der Waals surface area contributed by atoms with Crippen LogP contribution in [0.2, 0.25) is 5.02 Å². The summed E-state index contributed by atoms with van der Waals surface area (Å²) < 4.78 is 0. The Labute approximate surface area is 132 Å². The summed E-state index contributed by atoms with van der Waals surface area (Å²) in [5, 5.41) is 10.1.